The van der Waals surface area contributed by atoms with Crippen molar-refractivity contribution >= 4 is 0 Å². The van der Waals surface area contributed by atoms with Crippen LogP contribution in [0.15, 0.2) is 72.2 Å². The van der Waals surface area contributed by atoms with Crippen LogP contribution in [-0.4, -0.2) is 11.8 Å². The second-order valence-electron chi connectivity index (χ2n) is 4.64. The second kappa shape index (κ2) is 5.05. The molecule has 0 saturated carbocycles. The van der Waals surface area contributed by atoms with Crippen LogP contribution in [0.2, 0.25) is 0 Å². The third-order valence-electron chi connectivity index (χ3n) is 3.10. The summed E-state index contributed by atoms with van der Waals surface area (Å²) in [5.74, 6) is -11.1. The highest BCUT2D eigenvalue weighted by Gasteiger charge is 2.75. The van der Waals surface area contributed by atoms with E-state index in [0.717, 1.165) is 0 Å². The van der Waals surface area contributed by atoms with Crippen LogP contribution in [0.4, 0.5) is 17.6 Å². The van der Waals surface area contributed by atoms with Crippen molar-refractivity contribution in [2.75, 3.05) is 0 Å². The predicted molar refractivity (Wildman–Crippen MR) is 71.1 cm³/mol. The Bertz CT molecular complexity index is 635. The van der Waals surface area contributed by atoms with Gasteiger partial charge in [-0.1, -0.05) is 36.4 Å². The van der Waals surface area contributed by atoms with Gasteiger partial charge in [-0.15, -0.1) is 0 Å². The first-order chi connectivity index (χ1) is 10.4. The zero-order valence-corrected chi connectivity index (χ0v) is 11.1. The molecule has 0 bridgehead atoms. The van der Waals surface area contributed by atoms with E-state index in [4.69, 9.17) is 9.47 Å². The fourth-order valence-electron chi connectivity index (χ4n) is 1.94. The van der Waals surface area contributed by atoms with Gasteiger partial charge in [0, 0.05) is 0 Å². The molecule has 2 aromatic rings. The van der Waals surface area contributed by atoms with Crippen LogP contribution in [0.25, 0.3) is 0 Å². The molecule has 0 unspecified atom stereocenters. The van der Waals surface area contributed by atoms with Gasteiger partial charge in [0.1, 0.15) is 11.5 Å². The Morgan fingerprint density at radius 1 is 0.545 bits per heavy atom. The lowest BCUT2D eigenvalue weighted by atomic mass is 9.94. The monoisotopic (exact) mass is 310 g/mol. The molecule has 0 fully saturated rings. The molecule has 114 valence electrons. The number of halogens is 4. The molecule has 0 spiro atoms. The molecule has 1 aliphatic carbocycles. The molecule has 1 aliphatic rings. The van der Waals surface area contributed by atoms with Crippen LogP contribution in [0.3, 0.4) is 0 Å². The molecule has 0 aliphatic heterocycles. The average molecular weight is 310 g/mol. The maximum Gasteiger partial charge on any atom is 0.377 e. The van der Waals surface area contributed by atoms with Crippen molar-refractivity contribution in [1.82, 2.24) is 0 Å². The van der Waals surface area contributed by atoms with E-state index < -0.39 is 23.4 Å². The van der Waals surface area contributed by atoms with E-state index in [-0.39, 0.29) is 11.5 Å². The molecule has 0 atom stereocenters. The van der Waals surface area contributed by atoms with Crippen molar-refractivity contribution in [2.24, 2.45) is 0 Å². The number of hydrogen-bond donors (Lipinski definition) is 0. The summed E-state index contributed by atoms with van der Waals surface area (Å²) < 4.78 is 64.2. The second-order valence-corrected chi connectivity index (χ2v) is 4.64. The van der Waals surface area contributed by atoms with E-state index in [1.165, 1.54) is 24.3 Å². The lowest BCUT2D eigenvalue weighted by molar-refractivity contribution is -0.228. The first kappa shape index (κ1) is 14.4. The largest absolute Gasteiger partial charge is 0.451 e. The van der Waals surface area contributed by atoms with E-state index in [1.54, 1.807) is 36.4 Å². The fraction of sp³-hybridized carbons (Fsp3) is 0.125. The maximum atomic E-state index is 13.6. The van der Waals surface area contributed by atoms with Gasteiger partial charge >= 0.3 is 11.8 Å². The Kier molecular flexibility index (Phi) is 3.31. The molecule has 0 aromatic heterocycles. The molecule has 3 rings (SSSR count). The Labute approximate surface area is 123 Å². The molecule has 0 radical (unpaired) electrons. The van der Waals surface area contributed by atoms with Crippen LogP contribution in [0.1, 0.15) is 0 Å². The van der Waals surface area contributed by atoms with Gasteiger partial charge in [-0.05, 0) is 24.3 Å². The molecule has 22 heavy (non-hydrogen) atoms. The first-order valence-corrected chi connectivity index (χ1v) is 6.39. The summed E-state index contributed by atoms with van der Waals surface area (Å²) in [5.41, 5.74) is 0. The highest BCUT2D eigenvalue weighted by atomic mass is 19.3. The smallest absolute Gasteiger partial charge is 0.377 e. The fourth-order valence-corrected chi connectivity index (χ4v) is 1.94. The van der Waals surface area contributed by atoms with Crippen molar-refractivity contribution < 1.29 is 27.0 Å². The van der Waals surface area contributed by atoms with Crippen LogP contribution in [-0.2, 0) is 0 Å². The highest BCUT2D eigenvalue weighted by molar-refractivity contribution is 5.41. The molecular formula is C16H10F4O2. The molecule has 6 heteroatoms. The third-order valence-corrected chi connectivity index (χ3v) is 3.10. The van der Waals surface area contributed by atoms with Gasteiger partial charge in [0.05, 0.1) is 0 Å². The zero-order valence-electron chi connectivity index (χ0n) is 11.1. The minimum atomic E-state index is -4.41. The van der Waals surface area contributed by atoms with Crippen molar-refractivity contribution in [3.63, 3.8) is 0 Å². The van der Waals surface area contributed by atoms with Crippen molar-refractivity contribution in [3.8, 4) is 11.5 Å². The third kappa shape index (κ3) is 2.20. The number of allylic oxidation sites excluding steroid dienone is 2. The summed E-state index contributed by atoms with van der Waals surface area (Å²) in [7, 11) is 0. The quantitative estimate of drug-likeness (QED) is 0.766. The highest BCUT2D eigenvalue weighted by Crippen LogP contribution is 2.55. The molecule has 0 heterocycles. The van der Waals surface area contributed by atoms with Crippen LogP contribution >= 0.6 is 0 Å². The van der Waals surface area contributed by atoms with Gasteiger partial charge in [0.2, 0.25) is 11.5 Å². The number of alkyl halides is 4. The Morgan fingerprint density at radius 3 is 1.18 bits per heavy atom. The summed E-state index contributed by atoms with van der Waals surface area (Å²) in [6.07, 6.45) is 0. The number of benzene rings is 2. The van der Waals surface area contributed by atoms with Crippen LogP contribution in [0, 0.1) is 0 Å². The number of ether oxygens (including phenoxy) is 2. The summed E-state index contributed by atoms with van der Waals surface area (Å²) in [6.45, 7) is 0. The molecule has 0 saturated heterocycles. The molecule has 0 N–H and O–H groups in total. The number of para-hydroxylation sites is 2. The first-order valence-electron chi connectivity index (χ1n) is 6.39. The summed E-state index contributed by atoms with van der Waals surface area (Å²) in [5, 5.41) is 0. The SMILES string of the molecule is FC1(F)C(Oc2ccccc2)=C(Oc2ccccc2)C1(F)F. The predicted octanol–water partition coefficient (Wildman–Crippen LogP) is 4.64. The van der Waals surface area contributed by atoms with E-state index in [9.17, 15) is 17.6 Å². The van der Waals surface area contributed by atoms with Gasteiger partial charge in [-0.3, -0.25) is 0 Å². The van der Waals surface area contributed by atoms with Crippen molar-refractivity contribution in [3.05, 3.63) is 72.2 Å². The minimum absolute atomic E-state index is 0.0295. The standard InChI is InChI=1S/C16H10F4O2/c17-15(18)13(21-11-7-3-1-4-8-11)14(16(15,19)20)22-12-9-5-2-6-10-12/h1-10H. The van der Waals surface area contributed by atoms with Gasteiger partial charge in [-0.2, -0.15) is 17.6 Å². The number of rotatable bonds is 4. The van der Waals surface area contributed by atoms with E-state index in [2.05, 4.69) is 0 Å². The lowest BCUT2D eigenvalue weighted by Crippen LogP contribution is -2.57. The van der Waals surface area contributed by atoms with Crippen molar-refractivity contribution in [1.29, 1.82) is 0 Å². The molecule has 2 nitrogen and oxygen atoms in total. The summed E-state index contributed by atoms with van der Waals surface area (Å²) >= 11 is 0. The van der Waals surface area contributed by atoms with Gasteiger partial charge in [-0.25, -0.2) is 0 Å². The summed E-state index contributed by atoms with van der Waals surface area (Å²) in [4.78, 5) is 0. The molecular weight excluding hydrogens is 300 g/mol. The van der Waals surface area contributed by atoms with E-state index in [1.807, 2.05) is 0 Å². The van der Waals surface area contributed by atoms with Crippen LogP contribution < -0.4 is 9.47 Å². The minimum Gasteiger partial charge on any atom is -0.451 e. The van der Waals surface area contributed by atoms with Gasteiger partial charge in [0.15, 0.2) is 0 Å². The topological polar surface area (TPSA) is 18.5 Å². The normalized spacial score (nSPS) is 18.5. The maximum absolute atomic E-state index is 13.6. The summed E-state index contributed by atoms with van der Waals surface area (Å²) in [6, 6.07) is 15.0. The van der Waals surface area contributed by atoms with Crippen molar-refractivity contribution in [2.45, 2.75) is 11.8 Å². The zero-order chi connectivity index (χ0) is 15.8. The van der Waals surface area contributed by atoms with Gasteiger partial charge < -0.3 is 9.47 Å². The molecule has 2 aromatic carbocycles. The Balaban J connectivity index is 1.95. The van der Waals surface area contributed by atoms with Crippen LogP contribution in [0.5, 0.6) is 11.5 Å². The Morgan fingerprint density at radius 2 is 0.864 bits per heavy atom. The number of hydrogen-bond acceptors (Lipinski definition) is 2. The van der Waals surface area contributed by atoms with E-state index in [0.29, 0.717) is 0 Å². The van der Waals surface area contributed by atoms with E-state index >= 15 is 0 Å². The lowest BCUT2D eigenvalue weighted by Gasteiger charge is -2.38. The van der Waals surface area contributed by atoms with Gasteiger partial charge in [0.25, 0.3) is 0 Å². The molecule has 0 amide bonds. The average Bonchev–Trinajstić information content (AvgIpc) is 2.52. The Hall–Kier alpha value is -2.50.